The summed E-state index contributed by atoms with van der Waals surface area (Å²) >= 11 is 0. The third-order valence-corrected chi connectivity index (χ3v) is 6.80. The lowest BCUT2D eigenvalue weighted by molar-refractivity contribution is -0.116. The van der Waals surface area contributed by atoms with Gasteiger partial charge in [-0.05, 0) is 44.4 Å². The first-order valence-corrected chi connectivity index (χ1v) is 9.18. The summed E-state index contributed by atoms with van der Waals surface area (Å²) in [6.07, 6.45) is 3.77. The van der Waals surface area contributed by atoms with Gasteiger partial charge in [0.15, 0.2) is 5.78 Å². The molecule has 3 aliphatic rings. The molecule has 1 fully saturated rings. The molecule has 0 aliphatic carbocycles. The number of likely N-dealkylation sites (N-methyl/N-ethyl adjacent to an activating group) is 1. The smallest absolute Gasteiger partial charge is 0.159 e. The molecule has 2 aromatic rings. The zero-order valence-corrected chi connectivity index (χ0v) is 15.0. The maximum Gasteiger partial charge on any atom is 0.159 e. The van der Waals surface area contributed by atoms with Gasteiger partial charge in [0.2, 0.25) is 0 Å². The summed E-state index contributed by atoms with van der Waals surface area (Å²) < 4.78 is 8.09. The van der Waals surface area contributed by atoms with E-state index in [1.807, 2.05) is 0 Å². The Morgan fingerprint density at radius 3 is 2.84 bits per heavy atom. The highest BCUT2D eigenvalue weighted by molar-refractivity contribution is 5.93. The highest BCUT2D eigenvalue weighted by Gasteiger charge is 2.49. The van der Waals surface area contributed by atoms with Crippen molar-refractivity contribution < 1.29 is 9.53 Å². The second-order valence-corrected chi connectivity index (χ2v) is 7.86. The number of aryl methyl sites for hydroxylation is 1. The molecule has 4 atom stereocenters. The number of ether oxygens (including phenoxy) is 1. The molecule has 1 saturated heterocycles. The normalized spacial score (nSPS) is 31.1. The van der Waals surface area contributed by atoms with Crippen LogP contribution in [0.15, 0.2) is 36.1 Å². The standard InChI is InChI=1S/C21H24N2O2/c1-12(24)16-10-25-11-17-14(16)8-20-21-15(9-19(17)22(20)2)13-6-4-5-7-18(13)23(21)3/h4-7,10,14,17,19-20H,8-9,11H2,1-3H3. The van der Waals surface area contributed by atoms with E-state index in [1.165, 1.54) is 22.2 Å². The lowest BCUT2D eigenvalue weighted by atomic mass is 9.67. The van der Waals surface area contributed by atoms with E-state index in [9.17, 15) is 4.79 Å². The first kappa shape index (κ1) is 15.2. The zero-order valence-electron chi connectivity index (χ0n) is 15.0. The number of fused-ring (bicyclic) bond motifs is 8. The van der Waals surface area contributed by atoms with Crippen molar-refractivity contribution >= 4 is 16.7 Å². The van der Waals surface area contributed by atoms with Crippen molar-refractivity contribution in [2.24, 2.45) is 18.9 Å². The average Bonchev–Trinajstić information content (AvgIpc) is 2.88. The zero-order chi connectivity index (χ0) is 17.3. The average molecular weight is 336 g/mol. The molecule has 4 unspecified atom stereocenters. The molecule has 0 spiro atoms. The second-order valence-electron chi connectivity index (χ2n) is 7.86. The number of Topliss-reactive ketones (excluding diaryl/α,β-unsaturated/α-hetero) is 1. The largest absolute Gasteiger partial charge is 0.500 e. The monoisotopic (exact) mass is 336 g/mol. The predicted molar refractivity (Wildman–Crippen MR) is 97.2 cm³/mol. The van der Waals surface area contributed by atoms with Crippen LogP contribution in [0.1, 0.15) is 30.6 Å². The summed E-state index contributed by atoms with van der Waals surface area (Å²) in [6, 6.07) is 9.53. The Morgan fingerprint density at radius 1 is 1.24 bits per heavy atom. The SMILES string of the molecule is CC(=O)C1=COCC2C1CC1c3c(c4ccccc4n3C)CC2N1C. The quantitative estimate of drug-likeness (QED) is 0.802. The molecule has 1 aromatic heterocycles. The fourth-order valence-corrected chi connectivity index (χ4v) is 5.59. The van der Waals surface area contributed by atoms with E-state index in [0.29, 0.717) is 23.9 Å². The summed E-state index contributed by atoms with van der Waals surface area (Å²) in [6.45, 7) is 2.40. The van der Waals surface area contributed by atoms with Gasteiger partial charge in [-0.2, -0.15) is 0 Å². The Morgan fingerprint density at radius 2 is 2.04 bits per heavy atom. The molecule has 4 nitrogen and oxygen atoms in total. The van der Waals surface area contributed by atoms with E-state index in [0.717, 1.165) is 25.0 Å². The number of para-hydroxylation sites is 1. The number of allylic oxidation sites excluding steroid dienone is 1. The first-order chi connectivity index (χ1) is 12.1. The van der Waals surface area contributed by atoms with Crippen molar-refractivity contribution in [2.45, 2.75) is 31.8 Å². The van der Waals surface area contributed by atoms with E-state index in [-0.39, 0.29) is 5.78 Å². The minimum absolute atomic E-state index is 0.162. The molecule has 4 heteroatoms. The summed E-state index contributed by atoms with van der Waals surface area (Å²) in [7, 11) is 4.44. The van der Waals surface area contributed by atoms with Crippen LogP contribution in [0, 0.1) is 11.8 Å². The van der Waals surface area contributed by atoms with E-state index < -0.39 is 0 Å². The highest BCUT2D eigenvalue weighted by atomic mass is 16.5. The minimum atomic E-state index is 0.162. The maximum absolute atomic E-state index is 12.1. The highest BCUT2D eigenvalue weighted by Crippen LogP contribution is 2.51. The van der Waals surface area contributed by atoms with E-state index in [1.54, 1.807) is 13.2 Å². The fraction of sp³-hybridized carbons (Fsp3) is 0.476. The van der Waals surface area contributed by atoms with Crippen molar-refractivity contribution in [1.29, 1.82) is 0 Å². The second kappa shape index (κ2) is 5.21. The number of piperidine rings is 1. The number of hydrogen-bond acceptors (Lipinski definition) is 3. The molecule has 25 heavy (non-hydrogen) atoms. The third-order valence-electron chi connectivity index (χ3n) is 6.80. The number of carbonyl (C=O) groups is 1. The van der Waals surface area contributed by atoms with Crippen molar-refractivity contribution in [1.82, 2.24) is 9.47 Å². The van der Waals surface area contributed by atoms with Crippen LogP contribution < -0.4 is 0 Å². The van der Waals surface area contributed by atoms with Crippen LogP contribution in [-0.4, -0.2) is 34.9 Å². The first-order valence-electron chi connectivity index (χ1n) is 9.18. The lowest BCUT2D eigenvalue weighted by Crippen LogP contribution is -2.55. The van der Waals surface area contributed by atoms with Crippen LogP contribution in [0.4, 0.5) is 0 Å². The lowest BCUT2D eigenvalue weighted by Gasteiger charge is -2.52. The molecular formula is C21H24N2O2. The van der Waals surface area contributed by atoms with Gasteiger partial charge in [-0.15, -0.1) is 0 Å². The van der Waals surface area contributed by atoms with Gasteiger partial charge in [0.1, 0.15) is 0 Å². The number of ketones is 1. The van der Waals surface area contributed by atoms with E-state index in [2.05, 4.69) is 47.8 Å². The van der Waals surface area contributed by atoms with Crippen molar-refractivity contribution in [2.75, 3.05) is 13.7 Å². The summed E-state index contributed by atoms with van der Waals surface area (Å²) in [5, 5.41) is 1.39. The van der Waals surface area contributed by atoms with Crippen molar-refractivity contribution in [3.05, 3.63) is 47.4 Å². The Labute approximate surface area is 148 Å². The third kappa shape index (κ3) is 1.94. The van der Waals surface area contributed by atoms with Crippen LogP contribution in [0.3, 0.4) is 0 Å². The number of benzene rings is 1. The molecule has 0 N–H and O–H groups in total. The molecule has 0 amide bonds. The molecule has 0 saturated carbocycles. The topological polar surface area (TPSA) is 34.5 Å². The minimum Gasteiger partial charge on any atom is -0.500 e. The summed E-state index contributed by atoms with van der Waals surface area (Å²) in [5.41, 5.74) is 5.15. The molecule has 1 aromatic carbocycles. The number of carbonyl (C=O) groups excluding carboxylic acids is 1. The molecular weight excluding hydrogens is 312 g/mol. The molecule has 4 heterocycles. The van der Waals surface area contributed by atoms with E-state index >= 15 is 0 Å². The van der Waals surface area contributed by atoms with Gasteiger partial charge in [-0.1, -0.05) is 18.2 Å². The van der Waals surface area contributed by atoms with Gasteiger partial charge in [-0.25, -0.2) is 0 Å². The van der Waals surface area contributed by atoms with Crippen LogP contribution in [0.5, 0.6) is 0 Å². The molecule has 2 bridgehead atoms. The van der Waals surface area contributed by atoms with Crippen LogP contribution in [0.2, 0.25) is 0 Å². The van der Waals surface area contributed by atoms with Gasteiger partial charge < -0.3 is 9.30 Å². The molecule has 130 valence electrons. The fourth-order valence-electron chi connectivity index (χ4n) is 5.59. The Balaban J connectivity index is 1.68. The Bertz CT molecular complexity index is 910. The van der Waals surface area contributed by atoms with Crippen molar-refractivity contribution in [3.8, 4) is 0 Å². The maximum atomic E-state index is 12.1. The molecule has 3 aliphatic heterocycles. The van der Waals surface area contributed by atoms with E-state index in [4.69, 9.17) is 4.74 Å². The number of rotatable bonds is 1. The van der Waals surface area contributed by atoms with Gasteiger partial charge in [0.25, 0.3) is 0 Å². The van der Waals surface area contributed by atoms with Crippen LogP contribution in [-0.2, 0) is 23.0 Å². The number of hydrogen-bond donors (Lipinski definition) is 0. The molecule has 5 rings (SSSR count). The van der Waals surface area contributed by atoms with Gasteiger partial charge in [0.05, 0.1) is 18.9 Å². The Hall–Kier alpha value is -2.07. The molecule has 0 radical (unpaired) electrons. The van der Waals surface area contributed by atoms with Crippen LogP contribution >= 0.6 is 0 Å². The van der Waals surface area contributed by atoms with Gasteiger partial charge in [0, 0.05) is 41.2 Å². The van der Waals surface area contributed by atoms with Crippen molar-refractivity contribution in [3.63, 3.8) is 0 Å². The Kier molecular flexibility index (Phi) is 3.17. The summed E-state index contributed by atoms with van der Waals surface area (Å²) in [5.74, 6) is 0.885. The van der Waals surface area contributed by atoms with Gasteiger partial charge >= 0.3 is 0 Å². The van der Waals surface area contributed by atoms with Crippen LogP contribution in [0.25, 0.3) is 10.9 Å². The van der Waals surface area contributed by atoms with Gasteiger partial charge in [-0.3, -0.25) is 9.69 Å². The summed E-state index contributed by atoms with van der Waals surface area (Å²) in [4.78, 5) is 14.7. The predicted octanol–water partition coefficient (Wildman–Crippen LogP) is 3.22. The number of aromatic nitrogens is 1. The number of nitrogens with zero attached hydrogens (tertiary/aromatic N) is 2.